The topological polar surface area (TPSA) is 41.6 Å². The largest absolute Gasteiger partial charge is 0.469 e. The lowest BCUT2D eigenvalue weighted by Crippen LogP contribution is -2.34. The third kappa shape index (κ3) is 3.32. The molecule has 0 bridgehead atoms. The van der Waals surface area contributed by atoms with Gasteiger partial charge >= 0.3 is 5.97 Å². The van der Waals surface area contributed by atoms with E-state index in [1.807, 2.05) is 0 Å². The van der Waals surface area contributed by atoms with Crippen LogP contribution in [0.1, 0.15) is 12.8 Å². The van der Waals surface area contributed by atoms with Gasteiger partial charge in [-0.2, -0.15) is 0 Å². The van der Waals surface area contributed by atoms with Gasteiger partial charge in [-0.05, 0) is 20.0 Å². The van der Waals surface area contributed by atoms with E-state index >= 15 is 0 Å². The van der Waals surface area contributed by atoms with Crippen molar-refractivity contribution in [2.24, 2.45) is 0 Å². The molecule has 0 aromatic rings. The predicted octanol–water partition coefficient (Wildman–Crippen LogP) is -0.157. The van der Waals surface area contributed by atoms with Crippen molar-refractivity contribution in [3.05, 3.63) is 0 Å². The third-order valence-corrected chi connectivity index (χ3v) is 2.55. The molecule has 0 spiro atoms. The Morgan fingerprint density at radius 1 is 1.62 bits per heavy atom. The fourth-order valence-corrected chi connectivity index (χ4v) is 1.59. The number of carbonyl (C=O) groups excluding carboxylic acids is 1. The smallest absolute Gasteiger partial charge is 0.307 e. The number of rotatable bonds is 2. The monoisotopic (exact) mass is 186 g/mol. The molecular formula is C9H18N2O2. The van der Waals surface area contributed by atoms with Crippen molar-refractivity contribution in [3.8, 4) is 0 Å². The summed E-state index contributed by atoms with van der Waals surface area (Å²) < 4.78 is 4.66. The average Bonchev–Trinajstić information content (AvgIpc) is 2.32. The number of nitrogens with zero attached hydrogens (tertiary/aromatic N) is 1. The van der Waals surface area contributed by atoms with Gasteiger partial charge in [0.05, 0.1) is 13.5 Å². The molecule has 1 unspecified atom stereocenters. The van der Waals surface area contributed by atoms with Gasteiger partial charge in [-0.15, -0.1) is 0 Å². The highest BCUT2D eigenvalue weighted by molar-refractivity contribution is 5.69. The molecule has 76 valence electrons. The van der Waals surface area contributed by atoms with Crippen molar-refractivity contribution in [2.45, 2.75) is 18.9 Å². The van der Waals surface area contributed by atoms with E-state index in [0.29, 0.717) is 12.5 Å². The van der Waals surface area contributed by atoms with E-state index in [4.69, 9.17) is 0 Å². The summed E-state index contributed by atoms with van der Waals surface area (Å²) in [6.45, 7) is 3.00. The SMILES string of the molecule is COC(=O)CC1CCNCCN1C. The van der Waals surface area contributed by atoms with Crippen molar-refractivity contribution < 1.29 is 9.53 Å². The Morgan fingerprint density at radius 2 is 2.38 bits per heavy atom. The summed E-state index contributed by atoms with van der Waals surface area (Å²) >= 11 is 0. The summed E-state index contributed by atoms with van der Waals surface area (Å²) in [5.74, 6) is -0.112. The summed E-state index contributed by atoms with van der Waals surface area (Å²) in [5, 5.41) is 3.31. The van der Waals surface area contributed by atoms with E-state index in [1.165, 1.54) is 7.11 Å². The predicted molar refractivity (Wildman–Crippen MR) is 50.5 cm³/mol. The first kappa shape index (κ1) is 10.5. The van der Waals surface area contributed by atoms with Crippen LogP contribution in [0, 0.1) is 0 Å². The number of likely N-dealkylation sites (N-methyl/N-ethyl adjacent to an activating group) is 1. The number of methoxy groups -OCH3 is 1. The number of hydrogen-bond donors (Lipinski definition) is 1. The van der Waals surface area contributed by atoms with Crippen LogP contribution < -0.4 is 5.32 Å². The van der Waals surface area contributed by atoms with E-state index in [0.717, 1.165) is 26.1 Å². The van der Waals surface area contributed by atoms with E-state index in [1.54, 1.807) is 0 Å². The van der Waals surface area contributed by atoms with E-state index in [9.17, 15) is 4.79 Å². The molecule has 1 fully saturated rings. The first-order valence-electron chi connectivity index (χ1n) is 4.72. The van der Waals surface area contributed by atoms with Crippen LogP contribution >= 0.6 is 0 Å². The Kier molecular flexibility index (Phi) is 4.18. The molecule has 0 aliphatic carbocycles. The van der Waals surface area contributed by atoms with Gasteiger partial charge in [-0.3, -0.25) is 4.79 Å². The quantitative estimate of drug-likeness (QED) is 0.609. The fraction of sp³-hybridized carbons (Fsp3) is 0.889. The van der Waals surface area contributed by atoms with Crippen molar-refractivity contribution >= 4 is 5.97 Å². The first-order chi connectivity index (χ1) is 6.24. The highest BCUT2D eigenvalue weighted by Gasteiger charge is 2.20. The number of hydrogen-bond acceptors (Lipinski definition) is 4. The molecule has 1 saturated heterocycles. The Balaban J connectivity index is 2.40. The van der Waals surface area contributed by atoms with Crippen LogP contribution in [-0.4, -0.2) is 50.7 Å². The van der Waals surface area contributed by atoms with Gasteiger partial charge in [0.15, 0.2) is 0 Å². The summed E-state index contributed by atoms with van der Waals surface area (Å²) in [6.07, 6.45) is 1.53. The lowest BCUT2D eigenvalue weighted by atomic mass is 10.1. The number of carbonyl (C=O) groups is 1. The minimum absolute atomic E-state index is 0.112. The number of nitrogens with one attached hydrogen (secondary N) is 1. The van der Waals surface area contributed by atoms with Crippen LogP contribution in [0.2, 0.25) is 0 Å². The Hall–Kier alpha value is -0.610. The van der Waals surface area contributed by atoms with Gasteiger partial charge in [-0.25, -0.2) is 0 Å². The third-order valence-electron chi connectivity index (χ3n) is 2.55. The van der Waals surface area contributed by atoms with Crippen molar-refractivity contribution in [2.75, 3.05) is 33.8 Å². The van der Waals surface area contributed by atoms with Gasteiger partial charge in [0.25, 0.3) is 0 Å². The molecule has 4 heteroatoms. The van der Waals surface area contributed by atoms with Crippen LogP contribution in [0.25, 0.3) is 0 Å². The zero-order valence-corrected chi connectivity index (χ0v) is 8.38. The van der Waals surface area contributed by atoms with Crippen LogP contribution in [-0.2, 0) is 9.53 Å². The van der Waals surface area contributed by atoms with Crippen LogP contribution in [0.15, 0.2) is 0 Å². The summed E-state index contributed by atoms with van der Waals surface area (Å²) in [7, 11) is 3.50. The highest BCUT2D eigenvalue weighted by atomic mass is 16.5. The maximum absolute atomic E-state index is 11.1. The lowest BCUT2D eigenvalue weighted by Gasteiger charge is -2.23. The molecule has 0 saturated carbocycles. The summed E-state index contributed by atoms with van der Waals surface area (Å²) in [5.41, 5.74) is 0. The van der Waals surface area contributed by atoms with Gasteiger partial charge in [0, 0.05) is 19.1 Å². The average molecular weight is 186 g/mol. The summed E-state index contributed by atoms with van der Waals surface area (Å²) in [6, 6.07) is 0.336. The summed E-state index contributed by atoms with van der Waals surface area (Å²) in [4.78, 5) is 13.3. The van der Waals surface area contributed by atoms with Crippen molar-refractivity contribution in [3.63, 3.8) is 0 Å². The molecule has 0 amide bonds. The minimum Gasteiger partial charge on any atom is -0.469 e. The molecule has 1 heterocycles. The van der Waals surface area contributed by atoms with E-state index in [2.05, 4.69) is 22.0 Å². The lowest BCUT2D eigenvalue weighted by molar-refractivity contribution is -0.141. The van der Waals surface area contributed by atoms with Crippen LogP contribution in [0.4, 0.5) is 0 Å². The molecule has 1 aliphatic rings. The van der Waals surface area contributed by atoms with Gasteiger partial charge in [0.1, 0.15) is 0 Å². The van der Waals surface area contributed by atoms with Crippen LogP contribution in [0.3, 0.4) is 0 Å². The Labute approximate surface area is 79.2 Å². The van der Waals surface area contributed by atoms with Gasteiger partial charge in [-0.1, -0.05) is 0 Å². The zero-order valence-electron chi connectivity index (χ0n) is 8.38. The molecule has 4 nitrogen and oxygen atoms in total. The molecule has 0 aromatic carbocycles. The maximum atomic E-state index is 11.1. The standard InChI is InChI=1S/C9H18N2O2/c1-11-6-5-10-4-3-8(11)7-9(12)13-2/h8,10H,3-7H2,1-2H3. The second-order valence-corrected chi connectivity index (χ2v) is 3.45. The first-order valence-corrected chi connectivity index (χ1v) is 4.72. The normalized spacial score (nSPS) is 25.2. The molecule has 1 atom stereocenters. The Morgan fingerprint density at radius 3 is 3.08 bits per heavy atom. The molecule has 1 aliphatic heterocycles. The van der Waals surface area contributed by atoms with Crippen molar-refractivity contribution in [1.29, 1.82) is 0 Å². The van der Waals surface area contributed by atoms with Gasteiger partial charge in [0.2, 0.25) is 0 Å². The molecule has 0 aromatic heterocycles. The zero-order chi connectivity index (χ0) is 9.68. The van der Waals surface area contributed by atoms with Crippen LogP contribution in [0.5, 0.6) is 0 Å². The second kappa shape index (κ2) is 5.19. The van der Waals surface area contributed by atoms with E-state index in [-0.39, 0.29) is 5.97 Å². The molecular weight excluding hydrogens is 168 g/mol. The van der Waals surface area contributed by atoms with Crippen molar-refractivity contribution in [1.82, 2.24) is 10.2 Å². The Bertz CT molecular complexity index is 173. The number of ether oxygens (including phenoxy) is 1. The second-order valence-electron chi connectivity index (χ2n) is 3.45. The minimum atomic E-state index is -0.112. The molecule has 1 N–H and O–H groups in total. The molecule has 13 heavy (non-hydrogen) atoms. The van der Waals surface area contributed by atoms with E-state index < -0.39 is 0 Å². The highest BCUT2D eigenvalue weighted by Crippen LogP contribution is 2.08. The molecule has 0 radical (unpaired) electrons. The fourth-order valence-electron chi connectivity index (χ4n) is 1.59. The molecule has 1 rings (SSSR count). The number of esters is 1. The maximum Gasteiger partial charge on any atom is 0.307 e. The van der Waals surface area contributed by atoms with Gasteiger partial charge < -0.3 is 15.0 Å².